The van der Waals surface area contributed by atoms with Crippen molar-refractivity contribution in [3.05, 3.63) is 18.2 Å². The van der Waals surface area contributed by atoms with Gasteiger partial charge in [0.2, 0.25) is 5.91 Å². The van der Waals surface area contributed by atoms with Crippen molar-refractivity contribution < 1.29 is 4.79 Å². The van der Waals surface area contributed by atoms with Gasteiger partial charge in [-0.15, -0.1) is 11.8 Å². The standard InChI is InChI=1S/C15H20N2OS/c1-15(6-2-3-7-15)14(18)17-8-9-19-13-5-4-11(16)10-12(13)17/h4-5,10H,2-3,6-9,16H2,1H3. The highest BCUT2D eigenvalue weighted by Crippen LogP contribution is 2.43. The van der Waals surface area contributed by atoms with E-state index in [-0.39, 0.29) is 11.3 Å². The number of nitrogens with zero attached hydrogens (tertiary/aromatic N) is 1. The normalized spacial score (nSPS) is 21.2. The molecule has 1 fully saturated rings. The molecule has 1 aliphatic carbocycles. The molecule has 1 aliphatic heterocycles. The molecule has 1 amide bonds. The lowest BCUT2D eigenvalue weighted by Gasteiger charge is -2.35. The Kier molecular flexibility index (Phi) is 3.21. The summed E-state index contributed by atoms with van der Waals surface area (Å²) in [5.41, 5.74) is 7.46. The summed E-state index contributed by atoms with van der Waals surface area (Å²) in [6.45, 7) is 2.92. The molecule has 1 aromatic carbocycles. The molecule has 3 nitrogen and oxygen atoms in total. The van der Waals surface area contributed by atoms with Crippen molar-refractivity contribution in [3.63, 3.8) is 0 Å². The van der Waals surface area contributed by atoms with Gasteiger partial charge in [0, 0.05) is 28.3 Å². The molecule has 1 saturated carbocycles. The first kappa shape index (κ1) is 12.9. The van der Waals surface area contributed by atoms with Crippen molar-refractivity contribution in [2.75, 3.05) is 22.9 Å². The van der Waals surface area contributed by atoms with E-state index in [4.69, 9.17) is 5.73 Å². The number of nitrogen functional groups attached to an aromatic ring is 1. The quantitative estimate of drug-likeness (QED) is 0.801. The van der Waals surface area contributed by atoms with Gasteiger partial charge in [-0.1, -0.05) is 19.8 Å². The number of carbonyl (C=O) groups excluding carboxylic acids is 1. The van der Waals surface area contributed by atoms with Crippen LogP contribution < -0.4 is 10.6 Å². The Hall–Kier alpha value is -1.16. The fourth-order valence-electron chi connectivity index (χ4n) is 3.14. The summed E-state index contributed by atoms with van der Waals surface area (Å²) in [6, 6.07) is 5.89. The minimum absolute atomic E-state index is 0.163. The number of amides is 1. The van der Waals surface area contributed by atoms with Crippen LogP contribution in [0, 0.1) is 5.41 Å². The Labute approximate surface area is 118 Å². The second kappa shape index (κ2) is 4.75. The average Bonchev–Trinajstić information content (AvgIpc) is 2.85. The molecule has 3 rings (SSSR count). The number of anilines is 2. The SMILES string of the molecule is CC1(C(=O)N2CCSc3ccc(N)cc32)CCCC1. The van der Waals surface area contributed by atoms with E-state index in [1.165, 1.54) is 17.7 Å². The molecular weight excluding hydrogens is 256 g/mol. The molecule has 4 heteroatoms. The minimum Gasteiger partial charge on any atom is -0.399 e. The van der Waals surface area contributed by atoms with Gasteiger partial charge in [0.15, 0.2) is 0 Å². The predicted octanol–water partition coefficient (Wildman–Crippen LogP) is 3.29. The molecule has 1 heterocycles. The Balaban J connectivity index is 1.95. The molecular formula is C15H20N2OS. The van der Waals surface area contributed by atoms with E-state index < -0.39 is 0 Å². The Bertz CT molecular complexity index is 509. The van der Waals surface area contributed by atoms with E-state index in [0.717, 1.165) is 36.5 Å². The van der Waals surface area contributed by atoms with Crippen LogP contribution in [0.3, 0.4) is 0 Å². The highest BCUT2D eigenvalue weighted by atomic mass is 32.2. The van der Waals surface area contributed by atoms with Crippen molar-refractivity contribution in [2.24, 2.45) is 5.41 Å². The van der Waals surface area contributed by atoms with Gasteiger partial charge in [-0.05, 0) is 31.0 Å². The summed E-state index contributed by atoms with van der Waals surface area (Å²) in [5, 5.41) is 0. The van der Waals surface area contributed by atoms with Crippen molar-refractivity contribution >= 4 is 29.0 Å². The van der Waals surface area contributed by atoms with E-state index in [2.05, 4.69) is 6.92 Å². The highest BCUT2D eigenvalue weighted by molar-refractivity contribution is 7.99. The second-order valence-electron chi connectivity index (χ2n) is 5.80. The monoisotopic (exact) mass is 276 g/mol. The van der Waals surface area contributed by atoms with Crippen LogP contribution in [0.1, 0.15) is 32.6 Å². The Morgan fingerprint density at radius 3 is 2.84 bits per heavy atom. The van der Waals surface area contributed by atoms with Crippen LogP contribution in [0.15, 0.2) is 23.1 Å². The highest BCUT2D eigenvalue weighted by Gasteiger charge is 2.40. The molecule has 0 spiro atoms. The first-order chi connectivity index (χ1) is 9.10. The van der Waals surface area contributed by atoms with Crippen LogP contribution >= 0.6 is 11.8 Å². The van der Waals surface area contributed by atoms with Gasteiger partial charge < -0.3 is 10.6 Å². The molecule has 0 saturated heterocycles. The lowest BCUT2D eigenvalue weighted by Crippen LogP contribution is -2.43. The van der Waals surface area contributed by atoms with E-state index in [0.29, 0.717) is 0 Å². The smallest absolute Gasteiger partial charge is 0.232 e. The number of nitrogens with two attached hydrogens (primary N) is 1. The van der Waals surface area contributed by atoms with Crippen molar-refractivity contribution in [2.45, 2.75) is 37.5 Å². The van der Waals surface area contributed by atoms with E-state index in [1.807, 2.05) is 34.9 Å². The third-order valence-corrected chi connectivity index (χ3v) is 5.36. The van der Waals surface area contributed by atoms with Gasteiger partial charge in [0.25, 0.3) is 0 Å². The molecule has 0 unspecified atom stereocenters. The summed E-state index contributed by atoms with van der Waals surface area (Å²) in [7, 11) is 0. The number of hydrogen-bond donors (Lipinski definition) is 1. The number of benzene rings is 1. The lowest BCUT2D eigenvalue weighted by molar-refractivity contribution is -0.127. The summed E-state index contributed by atoms with van der Waals surface area (Å²) >= 11 is 1.81. The number of carbonyl (C=O) groups is 1. The third kappa shape index (κ3) is 2.22. The average molecular weight is 276 g/mol. The summed E-state index contributed by atoms with van der Waals surface area (Å²) in [5.74, 6) is 1.26. The molecule has 102 valence electrons. The van der Waals surface area contributed by atoms with E-state index in [1.54, 1.807) is 0 Å². The number of hydrogen-bond acceptors (Lipinski definition) is 3. The maximum atomic E-state index is 12.9. The van der Waals surface area contributed by atoms with Gasteiger partial charge in [0.05, 0.1) is 5.69 Å². The van der Waals surface area contributed by atoms with Crippen molar-refractivity contribution in [3.8, 4) is 0 Å². The summed E-state index contributed by atoms with van der Waals surface area (Å²) in [4.78, 5) is 16.0. The molecule has 0 aromatic heterocycles. The lowest BCUT2D eigenvalue weighted by atomic mass is 9.87. The van der Waals surface area contributed by atoms with E-state index >= 15 is 0 Å². The molecule has 2 N–H and O–H groups in total. The van der Waals surface area contributed by atoms with Crippen LogP contribution in [-0.2, 0) is 4.79 Å². The fraction of sp³-hybridized carbons (Fsp3) is 0.533. The zero-order valence-corrected chi connectivity index (χ0v) is 12.1. The van der Waals surface area contributed by atoms with Crippen LogP contribution in [0.5, 0.6) is 0 Å². The summed E-state index contributed by atoms with van der Waals surface area (Å²) < 4.78 is 0. The van der Waals surface area contributed by atoms with Gasteiger partial charge in [-0.2, -0.15) is 0 Å². The number of fused-ring (bicyclic) bond motifs is 1. The van der Waals surface area contributed by atoms with Gasteiger partial charge in [-0.3, -0.25) is 4.79 Å². The summed E-state index contributed by atoms with van der Waals surface area (Å²) in [6.07, 6.45) is 4.39. The maximum absolute atomic E-state index is 12.9. The first-order valence-corrected chi connectivity index (χ1v) is 7.93. The number of thioether (sulfide) groups is 1. The molecule has 0 atom stereocenters. The van der Waals surface area contributed by atoms with Crippen LogP contribution in [0.2, 0.25) is 0 Å². The predicted molar refractivity (Wildman–Crippen MR) is 80.5 cm³/mol. The van der Waals surface area contributed by atoms with Crippen LogP contribution in [0.4, 0.5) is 11.4 Å². The fourth-order valence-corrected chi connectivity index (χ4v) is 4.12. The molecule has 1 aromatic rings. The Morgan fingerprint density at radius 2 is 2.11 bits per heavy atom. The zero-order valence-electron chi connectivity index (χ0n) is 11.3. The van der Waals surface area contributed by atoms with Gasteiger partial charge >= 0.3 is 0 Å². The topological polar surface area (TPSA) is 46.3 Å². The van der Waals surface area contributed by atoms with Crippen molar-refractivity contribution in [1.82, 2.24) is 0 Å². The molecule has 0 radical (unpaired) electrons. The number of rotatable bonds is 1. The largest absolute Gasteiger partial charge is 0.399 e. The minimum atomic E-state index is -0.163. The van der Waals surface area contributed by atoms with Gasteiger partial charge in [0.1, 0.15) is 0 Å². The molecule has 19 heavy (non-hydrogen) atoms. The van der Waals surface area contributed by atoms with Crippen LogP contribution in [0.25, 0.3) is 0 Å². The van der Waals surface area contributed by atoms with Crippen LogP contribution in [-0.4, -0.2) is 18.2 Å². The molecule has 2 aliphatic rings. The van der Waals surface area contributed by atoms with Gasteiger partial charge in [-0.25, -0.2) is 0 Å². The second-order valence-corrected chi connectivity index (χ2v) is 6.94. The third-order valence-electron chi connectivity index (χ3n) is 4.31. The first-order valence-electron chi connectivity index (χ1n) is 6.94. The zero-order chi connectivity index (χ0) is 13.5. The maximum Gasteiger partial charge on any atom is 0.232 e. The molecule has 0 bridgehead atoms. The van der Waals surface area contributed by atoms with Crippen molar-refractivity contribution in [1.29, 1.82) is 0 Å². The van der Waals surface area contributed by atoms with E-state index in [9.17, 15) is 4.79 Å². The Morgan fingerprint density at radius 1 is 1.37 bits per heavy atom.